The van der Waals surface area contributed by atoms with Crippen LogP contribution in [0.1, 0.15) is 24.2 Å². The molecule has 21 heavy (non-hydrogen) atoms. The molecule has 0 spiro atoms. The average Bonchev–Trinajstić information content (AvgIpc) is 2.44. The highest BCUT2D eigenvalue weighted by Crippen LogP contribution is 2.27. The maximum absolute atomic E-state index is 11.8. The van der Waals surface area contributed by atoms with E-state index in [0.29, 0.717) is 19.7 Å². The predicted molar refractivity (Wildman–Crippen MR) is 82.4 cm³/mol. The molecule has 1 rings (SSSR count). The third kappa shape index (κ3) is 5.97. The number of halogens is 1. The molecule has 1 aromatic carbocycles. The van der Waals surface area contributed by atoms with E-state index in [1.807, 2.05) is 6.92 Å². The fourth-order valence-corrected chi connectivity index (χ4v) is 1.62. The van der Waals surface area contributed by atoms with Gasteiger partial charge in [0.15, 0.2) is 5.75 Å². The molecule has 7 nitrogen and oxygen atoms in total. The Morgan fingerprint density at radius 2 is 2.05 bits per heavy atom. The fraction of sp³-hybridized carbons (Fsp3) is 0.462. The molecule has 2 N–H and O–H groups in total. The number of nitro groups is 1. The Labute approximate surface area is 129 Å². The van der Waals surface area contributed by atoms with Gasteiger partial charge in [0, 0.05) is 24.7 Å². The van der Waals surface area contributed by atoms with Gasteiger partial charge in [-0.3, -0.25) is 14.9 Å². The lowest BCUT2D eigenvalue weighted by atomic mass is 10.1. The van der Waals surface area contributed by atoms with E-state index in [-0.39, 0.29) is 35.3 Å². The monoisotopic (exact) mass is 317 g/mol. The molecule has 0 saturated carbocycles. The molecule has 0 atom stereocenters. The molecule has 1 aromatic rings. The fourth-order valence-electron chi connectivity index (χ4n) is 1.62. The van der Waals surface area contributed by atoms with Crippen LogP contribution in [0, 0.1) is 10.1 Å². The zero-order chi connectivity index (χ0) is 15.0. The Morgan fingerprint density at radius 1 is 1.33 bits per heavy atom. The largest absolute Gasteiger partial charge is 0.487 e. The Hall–Kier alpha value is -1.86. The highest BCUT2D eigenvalue weighted by molar-refractivity contribution is 5.95. The molecule has 0 aliphatic carbocycles. The number of benzene rings is 1. The molecule has 1 amide bonds. The van der Waals surface area contributed by atoms with Crippen molar-refractivity contribution in [1.82, 2.24) is 10.6 Å². The Kier molecular flexibility index (Phi) is 9.07. The first-order valence-electron chi connectivity index (χ1n) is 6.50. The standard InChI is InChI=1S/C13H19N3O4.ClH/c1-3-14-7-8-15-13(17)10-5-6-12(20-4-2)11(9-10)16(18)19;/h5-6,9,14H,3-4,7-8H2,1-2H3,(H,15,17);1H. The molecule has 0 aromatic heterocycles. The van der Waals surface area contributed by atoms with Crippen LogP contribution < -0.4 is 15.4 Å². The third-order valence-electron chi connectivity index (χ3n) is 2.55. The average molecular weight is 318 g/mol. The van der Waals surface area contributed by atoms with Gasteiger partial charge >= 0.3 is 5.69 Å². The molecular weight excluding hydrogens is 298 g/mol. The van der Waals surface area contributed by atoms with E-state index < -0.39 is 4.92 Å². The van der Waals surface area contributed by atoms with Gasteiger partial charge in [-0.15, -0.1) is 12.4 Å². The Bertz CT molecular complexity index is 482. The predicted octanol–water partition coefficient (Wildman–Crippen LogP) is 1.75. The summed E-state index contributed by atoms with van der Waals surface area (Å²) in [7, 11) is 0. The van der Waals surface area contributed by atoms with Crippen molar-refractivity contribution in [2.45, 2.75) is 13.8 Å². The molecule has 0 bridgehead atoms. The topological polar surface area (TPSA) is 93.5 Å². The molecule has 0 heterocycles. The lowest BCUT2D eigenvalue weighted by Crippen LogP contribution is -2.31. The van der Waals surface area contributed by atoms with Gasteiger partial charge in [-0.25, -0.2) is 0 Å². The minimum atomic E-state index is -0.555. The SMILES string of the molecule is CCNCCNC(=O)c1ccc(OCC)c([N+](=O)[O-])c1.Cl. The number of nitro benzene ring substituents is 1. The summed E-state index contributed by atoms with van der Waals surface area (Å²) < 4.78 is 5.16. The van der Waals surface area contributed by atoms with Gasteiger partial charge in [0.25, 0.3) is 5.91 Å². The van der Waals surface area contributed by atoms with Crippen molar-refractivity contribution in [3.05, 3.63) is 33.9 Å². The first-order chi connectivity index (χ1) is 9.60. The van der Waals surface area contributed by atoms with Crippen LogP contribution in [-0.2, 0) is 0 Å². The van der Waals surface area contributed by atoms with Gasteiger partial charge in [0.05, 0.1) is 11.5 Å². The van der Waals surface area contributed by atoms with Crippen molar-refractivity contribution >= 4 is 24.0 Å². The van der Waals surface area contributed by atoms with E-state index in [4.69, 9.17) is 4.74 Å². The van der Waals surface area contributed by atoms with Gasteiger partial charge in [0.1, 0.15) is 0 Å². The van der Waals surface area contributed by atoms with Gasteiger partial charge in [-0.05, 0) is 25.6 Å². The highest BCUT2D eigenvalue weighted by Gasteiger charge is 2.18. The zero-order valence-corrected chi connectivity index (χ0v) is 12.9. The summed E-state index contributed by atoms with van der Waals surface area (Å²) in [4.78, 5) is 22.2. The smallest absolute Gasteiger partial charge is 0.311 e. The number of nitrogens with one attached hydrogen (secondary N) is 2. The number of amides is 1. The minimum Gasteiger partial charge on any atom is -0.487 e. The van der Waals surface area contributed by atoms with E-state index in [1.54, 1.807) is 6.92 Å². The van der Waals surface area contributed by atoms with Crippen LogP contribution in [0.25, 0.3) is 0 Å². The number of nitrogens with zero attached hydrogens (tertiary/aromatic N) is 1. The summed E-state index contributed by atoms with van der Waals surface area (Å²) in [5.41, 5.74) is 0.0443. The Morgan fingerprint density at radius 3 is 2.62 bits per heavy atom. The molecule has 118 valence electrons. The van der Waals surface area contributed by atoms with Crippen LogP contribution in [0.3, 0.4) is 0 Å². The van der Waals surface area contributed by atoms with Gasteiger partial charge in [-0.2, -0.15) is 0 Å². The quantitative estimate of drug-likeness (QED) is 0.433. The summed E-state index contributed by atoms with van der Waals surface area (Å²) in [6, 6.07) is 4.19. The summed E-state index contributed by atoms with van der Waals surface area (Å²) in [5.74, 6) is -0.171. The molecule has 0 radical (unpaired) electrons. The highest BCUT2D eigenvalue weighted by atomic mass is 35.5. The first-order valence-corrected chi connectivity index (χ1v) is 6.50. The van der Waals surface area contributed by atoms with Crippen LogP contribution in [0.15, 0.2) is 18.2 Å². The van der Waals surface area contributed by atoms with Crippen LogP contribution in [-0.4, -0.2) is 37.1 Å². The molecule has 0 fully saturated rings. The first kappa shape index (κ1) is 19.1. The maximum atomic E-state index is 11.8. The van der Waals surface area contributed by atoms with Crippen molar-refractivity contribution in [1.29, 1.82) is 0 Å². The van der Waals surface area contributed by atoms with E-state index in [1.165, 1.54) is 18.2 Å². The summed E-state index contributed by atoms with van der Waals surface area (Å²) in [6.07, 6.45) is 0. The lowest BCUT2D eigenvalue weighted by Gasteiger charge is -2.08. The van der Waals surface area contributed by atoms with Crippen molar-refractivity contribution in [3.63, 3.8) is 0 Å². The third-order valence-corrected chi connectivity index (χ3v) is 2.55. The van der Waals surface area contributed by atoms with Gasteiger partial charge in [-0.1, -0.05) is 6.92 Å². The van der Waals surface area contributed by atoms with E-state index in [9.17, 15) is 14.9 Å². The number of likely N-dealkylation sites (N-methyl/N-ethyl adjacent to an activating group) is 1. The van der Waals surface area contributed by atoms with Crippen LogP contribution >= 0.6 is 12.4 Å². The van der Waals surface area contributed by atoms with Crippen LogP contribution in [0.5, 0.6) is 5.75 Å². The van der Waals surface area contributed by atoms with Crippen molar-refractivity contribution in [2.24, 2.45) is 0 Å². The number of rotatable bonds is 8. The van der Waals surface area contributed by atoms with Gasteiger partial charge in [0.2, 0.25) is 0 Å². The second-order valence-corrected chi connectivity index (χ2v) is 3.98. The lowest BCUT2D eigenvalue weighted by molar-refractivity contribution is -0.385. The molecule has 0 saturated heterocycles. The zero-order valence-electron chi connectivity index (χ0n) is 12.0. The second kappa shape index (κ2) is 9.95. The molecule has 0 aliphatic rings. The number of hydrogen-bond acceptors (Lipinski definition) is 5. The van der Waals surface area contributed by atoms with Crippen molar-refractivity contribution < 1.29 is 14.5 Å². The number of hydrogen-bond donors (Lipinski definition) is 2. The van der Waals surface area contributed by atoms with E-state index >= 15 is 0 Å². The molecule has 8 heteroatoms. The van der Waals surface area contributed by atoms with E-state index in [2.05, 4.69) is 10.6 Å². The molecular formula is C13H20ClN3O4. The Balaban J connectivity index is 0.00000400. The minimum absolute atomic E-state index is 0. The summed E-state index contributed by atoms with van der Waals surface area (Å²) in [5, 5.41) is 16.7. The normalized spacial score (nSPS) is 9.62. The molecule has 0 aliphatic heterocycles. The number of carbonyl (C=O) groups is 1. The summed E-state index contributed by atoms with van der Waals surface area (Å²) in [6.45, 7) is 5.98. The van der Waals surface area contributed by atoms with E-state index in [0.717, 1.165) is 6.54 Å². The summed E-state index contributed by atoms with van der Waals surface area (Å²) >= 11 is 0. The second-order valence-electron chi connectivity index (χ2n) is 3.98. The van der Waals surface area contributed by atoms with Gasteiger partial charge < -0.3 is 15.4 Å². The number of ether oxygens (including phenoxy) is 1. The van der Waals surface area contributed by atoms with Crippen molar-refractivity contribution in [3.8, 4) is 5.75 Å². The maximum Gasteiger partial charge on any atom is 0.311 e. The number of carbonyl (C=O) groups excluding carboxylic acids is 1. The van der Waals surface area contributed by atoms with Crippen LogP contribution in [0.4, 0.5) is 5.69 Å². The molecule has 0 unspecified atom stereocenters. The van der Waals surface area contributed by atoms with Crippen LogP contribution in [0.2, 0.25) is 0 Å². The van der Waals surface area contributed by atoms with Crippen molar-refractivity contribution in [2.75, 3.05) is 26.2 Å².